The summed E-state index contributed by atoms with van der Waals surface area (Å²) in [7, 11) is -5.70. The van der Waals surface area contributed by atoms with Crippen molar-refractivity contribution in [2.24, 2.45) is 11.8 Å². The Hall–Kier alpha value is 0.451. The van der Waals surface area contributed by atoms with Gasteiger partial charge in [0.15, 0.2) is 25.0 Å². The second kappa shape index (κ2) is 15.6. The van der Waals surface area contributed by atoms with E-state index in [1.807, 2.05) is 6.92 Å². The molecule has 1 aliphatic heterocycles. The van der Waals surface area contributed by atoms with Gasteiger partial charge in [-0.15, -0.1) is 0 Å². The van der Waals surface area contributed by atoms with Crippen LogP contribution < -0.4 is 0 Å². The highest BCUT2D eigenvalue weighted by atomic mass is 28.4. The Morgan fingerprint density at radius 1 is 0.737 bits per heavy atom. The molecule has 0 radical (unpaired) electrons. The molecule has 1 heterocycles. The van der Waals surface area contributed by atoms with Crippen LogP contribution in [0.2, 0.25) is 54.4 Å². The van der Waals surface area contributed by atoms with Crippen molar-refractivity contribution >= 4 is 25.0 Å². The molecule has 8 heteroatoms. The normalized spacial score (nSPS) is 28.9. The fourth-order valence-corrected chi connectivity index (χ4v) is 15.6. The molecule has 1 rings (SSSR count). The van der Waals surface area contributed by atoms with E-state index in [0.29, 0.717) is 6.61 Å². The lowest BCUT2D eigenvalue weighted by Crippen LogP contribution is -2.69. The summed E-state index contributed by atoms with van der Waals surface area (Å²) in [6.07, 6.45) is -1.18. The molecule has 0 bridgehead atoms. The Morgan fingerprint density at radius 2 is 1.16 bits per heavy atom. The van der Waals surface area contributed by atoms with Crippen molar-refractivity contribution in [3.8, 4) is 0 Å². The summed E-state index contributed by atoms with van der Waals surface area (Å²) >= 11 is 0. The van der Waals surface area contributed by atoms with Crippen LogP contribution in [-0.4, -0.2) is 66.7 Å². The topological polar surface area (TPSA) is 57.2 Å². The zero-order valence-electron chi connectivity index (χ0n) is 27.6. The number of hydrogen-bond donors (Lipinski definition) is 1. The molecule has 38 heavy (non-hydrogen) atoms. The minimum atomic E-state index is -1.98. The first-order valence-corrected chi connectivity index (χ1v) is 23.8. The Balaban J connectivity index is 3.66. The van der Waals surface area contributed by atoms with Crippen molar-refractivity contribution < 1.29 is 23.1 Å². The van der Waals surface area contributed by atoms with Crippen LogP contribution in [0.1, 0.15) is 90.0 Å². The molecule has 0 aromatic rings. The number of aliphatic hydroxyl groups excluding tert-OH is 1. The monoisotopic (exact) mass is 590 g/mol. The van der Waals surface area contributed by atoms with Crippen molar-refractivity contribution in [3.05, 3.63) is 0 Å². The Kier molecular flexibility index (Phi) is 15.0. The highest BCUT2D eigenvalue weighted by Crippen LogP contribution is 2.45. The maximum absolute atomic E-state index is 11.2. The first-order valence-electron chi connectivity index (χ1n) is 16.2. The van der Waals surface area contributed by atoms with E-state index in [9.17, 15) is 5.11 Å². The summed E-state index contributed by atoms with van der Waals surface area (Å²) < 4.78 is 28.5. The minimum absolute atomic E-state index is 0.0316. The highest BCUT2D eigenvalue weighted by Gasteiger charge is 2.58. The van der Waals surface area contributed by atoms with E-state index in [-0.39, 0.29) is 30.1 Å². The number of aliphatic hydroxyl groups is 1. The summed E-state index contributed by atoms with van der Waals surface area (Å²) in [6, 6.07) is 9.93. The zero-order valence-corrected chi connectivity index (χ0v) is 30.6. The van der Waals surface area contributed by atoms with Gasteiger partial charge in [0.25, 0.3) is 0 Å². The van der Waals surface area contributed by atoms with Crippen LogP contribution in [0.3, 0.4) is 0 Å². The summed E-state index contributed by atoms with van der Waals surface area (Å²) in [4.78, 5) is 0. The van der Waals surface area contributed by atoms with E-state index in [1.165, 1.54) is 0 Å². The zero-order chi connectivity index (χ0) is 29.4. The lowest BCUT2D eigenvalue weighted by molar-refractivity contribution is -0.268. The predicted octanol–water partition coefficient (Wildman–Crippen LogP) is 8.60. The van der Waals surface area contributed by atoms with Crippen LogP contribution >= 0.6 is 0 Å². The molecule has 1 aliphatic rings. The van der Waals surface area contributed by atoms with Gasteiger partial charge in [-0.3, -0.25) is 0 Å². The molecule has 5 nitrogen and oxygen atoms in total. The molecule has 0 saturated carbocycles. The average Bonchev–Trinajstić information content (AvgIpc) is 2.94. The van der Waals surface area contributed by atoms with Gasteiger partial charge in [0.05, 0.1) is 24.4 Å². The van der Waals surface area contributed by atoms with Crippen LogP contribution in [0.15, 0.2) is 0 Å². The average molecular weight is 591 g/mol. The van der Waals surface area contributed by atoms with E-state index < -0.39 is 36.7 Å². The molecule has 7 atom stereocenters. The molecule has 0 unspecified atom stereocenters. The quantitative estimate of drug-likeness (QED) is 0.162. The largest absolute Gasteiger partial charge is 0.416 e. The molecule has 0 aromatic heterocycles. The standard InChI is InChI=1S/C30H66O5Si3/c1-14-36(15-2,16-3)32-23-24(10)28(34-37(17-4,18-5)19-6)30(13)29(25(11)27(31)26(12)33-30)35-38(20-7,21-8)22-9/h24-29,31H,14-23H2,1-13H3/t24-,25+,26-,27+,28-,29-,30+/m0/s1. The highest BCUT2D eigenvalue weighted by molar-refractivity contribution is 6.74. The second-order valence-corrected chi connectivity index (χ2v) is 26.7. The minimum Gasteiger partial charge on any atom is -0.416 e. The van der Waals surface area contributed by atoms with Crippen molar-refractivity contribution in [3.63, 3.8) is 0 Å². The SMILES string of the molecule is CC[Si](CC)(CC)OC[C@H](C)[C@H](O[Si](CC)(CC)CC)[C@@]1(C)O[C@@H](C)[C@H](O)[C@@H](C)[C@@H]1O[Si](CC)(CC)CC. The van der Waals surface area contributed by atoms with Gasteiger partial charge in [-0.2, -0.15) is 0 Å². The van der Waals surface area contributed by atoms with Crippen LogP contribution in [0.4, 0.5) is 0 Å². The molecule has 0 amide bonds. The smallest absolute Gasteiger partial charge is 0.192 e. The molecule has 1 saturated heterocycles. The van der Waals surface area contributed by atoms with Crippen molar-refractivity contribution in [2.75, 3.05) is 6.61 Å². The third-order valence-corrected chi connectivity index (χ3v) is 24.7. The van der Waals surface area contributed by atoms with Gasteiger partial charge in [0.1, 0.15) is 5.60 Å². The summed E-state index contributed by atoms with van der Waals surface area (Å²) in [6.45, 7) is 30.1. The van der Waals surface area contributed by atoms with Crippen LogP contribution in [0, 0.1) is 11.8 Å². The van der Waals surface area contributed by atoms with Gasteiger partial charge in [-0.25, -0.2) is 0 Å². The van der Waals surface area contributed by atoms with E-state index in [4.69, 9.17) is 18.0 Å². The van der Waals surface area contributed by atoms with Gasteiger partial charge >= 0.3 is 0 Å². The number of hydrogen-bond acceptors (Lipinski definition) is 5. The lowest BCUT2D eigenvalue weighted by atomic mass is 9.75. The maximum atomic E-state index is 11.2. The van der Waals surface area contributed by atoms with Gasteiger partial charge in [-0.05, 0) is 68.2 Å². The summed E-state index contributed by atoms with van der Waals surface area (Å²) in [5.74, 6) is 0.130. The van der Waals surface area contributed by atoms with Gasteiger partial charge in [0, 0.05) is 18.4 Å². The molecule has 1 fully saturated rings. The third-order valence-electron chi connectivity index (χ3n) is 10.8. The van der Waals surface area contributed by atoms with Crippen molar-refractivity contribution in [1.29, 1.82) is 0 Å². The van der Waals surface area contributed by atoms with E-state index in [2.05, 4.69) is 83.1 Å². The van der Waals surface area contributed by atoms with Crippen molar-refractivity contribution in [1.82, 2.24) is 0 Å². The molecule has 0 aromatic carbocycles. The first-order chi connectivity index (χ1) is 17.8. The van der Waals surface area contributed by atoms with Crippen LogP contribution in [-0.2, 0) is 18.0 Å². The first kappa shape index (κ1) is 36.5. The molecule has 228 valence electrons. The molecular formula is C30H66O5Si3. The number of ether oxygens (including phenoxy) is 1. The van der Waals surface area contributed by atoms with E-state index >= 15 is 0 Å². The summed E-state index contributed by atoms with van der Waals surface area (Å²) in [5.41, 5.74) is -0.661. The van der Waals surface area contributed by atoms with E-state index in [1.54, 1.807) is 0 Å². The maximum Gasteiger partial charge on any atom is 0.192 e. The second-order valence-electron chi connectivity index (χ2n) is 12.5. The fraction of sp³-hybridized carbons (Fsp3) is 1.00. The number of rotatable bonds is 18. The fourth-order valence-electron chi connectivity index (χ4n) is 6.91. The Labute approximate surface area is 240 Å². The predicted molar refractivity (Wildman–Crippen MR) is 171 cm³/mol. The Morgan fingerprint density at radius 3 is 1.55 bits per heavy atom. The van der Waals surface area contributed by atoms with Crippen LogP contribution in [0.25, 0.3) is 0 Å². The van der Waals surface area contributed by atoms with Gasteiger partial charge < -0.3 is 23.1 Å². The molecular weight excluding hydrogens is 525 g/mol. The molecule has 1 N–H and O–H groups in total. The molecule has 0 spiro atoms. The third kappa shape index (κ3) is 7.84. The van der Waals surface area contributed by atoms with E-state index in [0.717, 1.165) is 54.4 Å². The van der Waals surface area contributed by atoms with Crippen molar-refractivity contribution in [2.45, 2.75) is 174 Å². The molecule has 0 aliphatic carbocycles. The van der Waals surface area contributed by atoms with Gasteiger partial charge in [-0.1, -0.05) is 76.2 Å². The Bertz CT molecular complexity index is 643. The van der Waals surface area contributed by atoms with Crippen LogP contribution in [0.5, 0.6) is 0 Å². The van der Waals surface area contributed by atoms with Gasteiger partial charge in [0.2, 0.25) is 0 Å². The lowest BCUT2D eigenvalue weighted by Gasteiger charge is -2.57. The summed E-state index contributed by atoms with van der Waals surface area (Å²) in [5, 5.41) is 11.2.